The van der Waals surface area contributed by atoms with Gasteiger partial charge in [0.05, 0.1) is 17.1 Å². The highest BCUT2D eigenvalue weighted by molar-refractivity contribution is 7.15. The number of halogens is 2. The summed E-state index contributed by atoms with van der Waals surface area (Å²) in [6, 6.07) is 16.2. The molecule has 0 saturated carbocycles. The van der Waals surface area contributed by atoms with Crippen molar-refractivity contribution in [1.29, 1.82) is 0 Å². The van der Waals surface area contributed by atoms with E-state index in [4.69, 9.17) is 28.2 Å². The molecule has 1 aliphatic heterocycles. The summed E-state index contributed by atoms with van der Waals surface area (Å²) in [5.74, 6) is 8.57. The number of aromatic nitrogens is 4. The average molecular weight is 557 g/mol. The summed E-state index contributed by atoms with van der Waals surface area (Å²) in [4.78, 5) is 5.90. The zero-order valence-corrected chi connectivity index (χ0v) is 23.1. The van der Waals surface area contributed by atoms with Crippen LogP contribution in [-0.2, 0) is 25.9 Å². The molecular formula is C30H23Cl2N5S. The van der Waals surface area contributed by atoms with Crippen molar-refractivity contribution in [3.8, 4) is 16.8 Å². The number of benzene rings is 2. The number of fused-ring (bicyclic) bond motifs is 6. The summed E-state index contributed by atoms with van der Waals surface area (Å²) < 4.78 is 4.47. The van der Waals surface area contributed by atoms with Gasteiger partial charge in [0.2, 0.25) is 0 Å². The minimum absolute atomic E-state index is 0.444. The summed E-state index contributed by atoms with van der Waals surface area (Å²) >= 11 is 14.6. The third-order valence-electron chi connectivity index (χ3n) is 7.36. The number of hydrogen-bond acceptors (Lipinski definition) is 4. The number of thiophene rings is 1. The van der Waals surface area contributed by atoms with Gasteiger partial charge in [-0.3, -0.25) is 9.56 Å². The van der Waals surface area contributed by atoms with Gasteiger partial charge in [0.1, 0.15) is 17.4 Å². The molecule has 38 heavy (non-hydrogen) atoms. The Labute approximate surface area is 234 Å². The zero-order chi connectivity index (χ0) is 25.8. The Hall–Kier alpha value is -3.37. The maximum absolute atomic E-state index is 6.61. The first-order valence-corrected chi connectivity index (χ1v) is 14.3. The highest BCUT2D eigenvalue weighted by atomic mass is 35.5. The van der Waals surface area contributed by atoms with Gasteiger partial charge in [-0.1, -0.05) is 53.2 Å². The smallest absolute Gasteiger partial charge is 0.160 e. The Morgan fingerprint density at radius 3 is 2.76 bits per heavy atom. The molecule has 0 saturated heterocycles. The molecule has 188 valence electrons. The molecule has 0 bridgehead atoms. The van der Waals surface area contributed by atoms with E-state index >= 15 is 0 Å². The SMILES string of the molecule is Cc1nnc2n1-c1sc(C#CCn3c4c(c5cc(Cl)ccc53)CCCC4)cc1C(c1ccccc1Cl)=NC2. The zero-order valence-electron chi connectivity index (χ0n) is 20.8. The quantitative estimate of drug-likeness (QED) is 0.216. The van der Waals surface area contributed by atoms with E-state index in [1.54, 1.807) is 11.3 Å². The molecule has 0 N–H and O–H groups in total. The highest BCUT2D eigenvalue weighted by Crippen LogP contribution is 2.35. The number of aliphatic imine (C=N–C) groups is 1. The van der Waals surface area contributed by atoms with Gasteiger partial charge in [-0.05, 0) is 68.5 Å². The van der Waals surface area contributed by atoms with Crippen molar-refractivity contribution in [3.05, 3.63) is 97.5 Å². The molecule has 0 unspecified atom stereocenters. The van der Waals surface area contributed by atoms with Crippen molar-refractivity contribution in [3.63, 3.8) is 0 Å². The van der Waals surface area contributed by atoms with E-state index in [0.29, 0.717) is 18.1 Å². The van der Waals surface area contributed by atoms with Crippen LogP contribution in [0.2, 0.25) is 10.0 Å². The molecule has 5 aromatic rings. The third-order valence-corrected chi connectivity index (χ3v) is 8.96. The molecule has 0 spiro atoms. The fraction of sp³-hybridized carbons (Fsp3) is 0.233. The van der Waals surface area contributed by atoms with Crippen molar-refractivity contribution in [2.24, 2.45) is 4.99 Å². The van der Waals surface area contributed by atoms with Gasteiger partial charge < -0.3 is 4.57 Å². The van der Waals surface area contributed by atoms with E-state index in [0.717, 1.165) is 56.2 Å². The topological polar surface area (TPSA) is 48.0 Å². The summed E-state index contributed by atoms with van der Waals surface area (Å²) in [7, 11) is 0. The van der Waals surface area contributed by atoms with Crippen LogP contribution >= 0.6 is 34.5 Å². The number of nitrogens with zero attached hydrogens (tertiary/aromatic N) is 5. The van der Waals surface area contributed by atoms with E-state index in [1.807, 2.05) is 37.3 Å². The first-order valence-electron chi connectivity index (χ1n) is 12.7. The van der Waals surface area contributed by atoms with Gasteiger partial charge in [0.15, 0.2) is 5.82 Å². The summed E-state index contributed by atoms with van der Waals surface area (Å²) in [6.45, 7) is 3.05. The molecule has 1 aliphatic carbocycles. The average Bonchev–Trinajstić information content (AvgIpc) is 3.56. The lowest BCUT2D eigenvalue weighted by Crippen LogP contribution is -2.07. The molecule has 3 aromatic heterocycles. The standard InChI is InChI=1S/C30H23Cl2N5S/c1-18-34-35-28-17-33-29(22-9-2-4-10-25(22)32)24-16-20(38-30(24)37(18)28)7-6-14-36-26-11-5-3-8-21(26)23-15-19(31)12-13-27(23)36/h2,4,9-10,12-13,15-16H,3,5,8,11,14,17H2,1H3. The molecule has 0 atom stereocenters. The van der Waals surface area contributed by atoms with Crippen LogP contribution in [-0.4, -0.2) is 25.0 Å². The molecule has 7 rings (SSSR count). The van der Waals surface area contributed by atoms with Crippen LogP contribution in [0.5, 0.6) is 0 Å². The Bertz CT molecular complexity index is 1830. The lowest BCUT2D eigenvalue weighted by Gasteiger charge is -2.14. The summed E-state index contributed by atoms with van der Waals surface area (Å²) in [5, 5.41) is 12.5. The number of rotatable bonds is 2. The van der Waals surface area contributed by atoms with E-state index in [2.05, 4.69) is 49.4 Å². The van der Waals surface area contributed by atoms with Crippen molar-refractivity contribution >= 4 is 51.2 Å². The minimum Gasteiger partial charge on any atom is -0.333 e. The molecule has 4 heterocycles. The monoisotopic (exact) mass is 555 g/mol. The lowest BCUT2D eigenvalue weighted by atomic mass is 9.95. The Morgan fingerprint density at radius 2 is 1.87 bits per heavy atom. The van der Waals surface area contributed by atoms with Crippen molar-refractivity contribution < 1.29 is 0 Å². The summed E-state index contributed by atoms with van der Waals surface area (Å²) in [6.07, 6.45) is 4.64. The fourth-order valence-electron chi connectivity index (χ4n) is 5.66. The Balaban J connectivity index is 1.31. The molecule has 8 heteroatoms. The molecule has 0 fully saturated rings. The van der Waals surface area contributed by atoms with Crippen LogP contribution < -0.4 is 0 Å². The van der Waals surface area contributed by atoms with Gasteiger partial charge in [-0.15, -0.1) is 21.5 Å². The summed E-state index contributed by atoms with van der Waals surface area (Å²) in [5.41, 5.74) is 6.84. The van der Waals surface area contributed by atoms with Crippen molar-refractivity contribution in [2.45, 2.75) is 45.7 Å². The maximum Gasteiger partial charge on any atom is 0.160 e. The van der Waals surface area contributed by atoms with Gasteiger partial charge in [0, 0.05) is 37.8 Å². The van der Waals surface area contributed by atoms with Crippen LogP contribution in [0.3, 0.4) is 0 Å². The van der Waals surface area contributed by atoms with Gasteiger partial charge >= 0.3 is 0 Å². The van der Waals surface area contributed by atoms with E-state index in [9.17, 15) is 0 Å². The van der Waals surface area contributed by atoms with Gasteiger partial charge in [0.25, 0.3) is 0 Å². The predicted molar refractivity (Wildman–Crippen MR) is 155 cm³/mol. The molecule has 5 nitrogen and oxygen atoms in total. The second kappa shape index (κ2) is 9.43. The van der Waals surface area contributed by atoms with Crippen LogP contribution in [0.1, 0.15) is 51.8 Å². The normalized spacial score (nSPS) is 14.2. The second-order valence-corrected chi connectivity index (χ2v) is 11.5. The fourth-order valence-corrected chi connectivity index (χ4v) is 7.16. The van der Waals surface area contributed by atoms with E-state index in [1.165, 1.54) is 35.0 Å². The number of aryl methyl sites for hydroxylation is 2. The van der Waals surface area contributed by atoms with Crippen molar-refractivity contribution in [1.82, 2.24) is 19.3 Å². The van der Waals surface area contributed by atoms with Crippen LogP contribution in [0.4, 0.5) is 0 Å². The largest absolute Gasteiger partial charge is 0.333 e. The second-order valence-electron chi connectivity index (χ2n) is 9.65. The Kier molecular flexibility index (Phi) is 5.89. The Morgan fingerprint density at radius 1 is 1.00 bits per heavy atom. The van der Waals surface area contributed by atoms with Gasteiger partial charge in [-0.2, -0.15) is 0 Å². The molecule has 2 aromatic carbocycles. The number of hydrogen-bond donors (Lipinski definition) is 0. The molecule has 2 aliphatic rings. The maximum atomic E-state index is 6.61. The third kappa shape index (κ3) is 3.89. The molecular weight excluding hydrogens is 533 g/mol. The minimum atomic E-state index is 0.444. The highest BCUT2D eigenvalue weighted by Gasteiger charge is 2.25. The van der Waals surface area contributed by atoms with E-state index < -0.39 is 0 Å². The first kappa shape index (κ1) is 23.7. The van der Waals surface area contributed by atoms with Crippen molar-refractivity contribution in [2.75, 3.05) is 0 Å². The van der Waals surface area contributed by atoms with Gasteiger partial charge in [-0.25, -0.2) is 0 Å². The van der Waals surface area contributed by atoms with Crippen LogP contribution in [0, 0.1) is 18.8 Å². The first-order chi connectivity index (χ1) is 18.6. The van der Waals surface area contributed by atoms with E-state index in [-0.39, 0.29) is 0 Å². The lowest BCUT2D eigenvalue weighted by molar-refractivity contribution is 0.644. The van der Waals surface area contributed by atoms with Crippen LogP contribution in [0.25, 0.3) is 15.9 Å². The molecule has 0 radical (unpaired) electrons. The molecule has 0 amide bonds. The van der Waals surface area contributed by atoms with Crippen LogP contribution in [0.15, 0.2) is 53.5 Å². The predicted octanol–water partition coefficient (Wildman–Crippen LogP) is 7.18.